The van der Waals surface area contributed by atoms with Crippen LogP contribution < -0.4 is 20.7 Å². The second-order valence-corrected chi connectivity index (χ2v) is 11.0. The number of sulfonamides is 1. The van der Waals surface area contributed by atoms with Crippen LogP contribution >= 0.6 is 11.6 Å². The molecule has 13 heteroatoms. The topological polar surface area (TPSA) is 129 Å². The molecular weight excluding hydrogens is 518 g/mol. The average Bonchev–Trinajstić information content (AvgIpc) is 3.02. The molecule has 0 aliphatic carbocycles. The number of amides is 1. The molecule has 0 atom stereocenters. The summed E-state index contributed by atoms with van der Waals surface area (Å²) < 4.78 is 32.3. The molecule has 0 fully saturated rings. The Kier molecular flexibility index (Phi) is 7.83. The van der Waals surface area contributed by atoms with Gasteiger partial charge in [-0.25, -0.2) is 17.7 Å². The Labute approximate surface area is 220 Å². The standard InChI is InChI=1S/C24H28ClN7O4S/c1-5-32-13-15-10-20(36-4)19(11-18(15)27-22(33)14-32)29-24-26-12-16(25)23(30-24)28-17-8-6-7-9-21(17)37(34,35)31(2)3/h6-12H,5,13-14H2,1-4H3,(H,27,33)(H2,26,28,29,30). The van der Waals surface area contributed by atoms with Gasteiger partial charge in [-0.3, -0.25) is 9.69 Å². The summed E-state index contributed by atoms with van der Waals surface area (Å²) in [7, 11) is 0.758. The monoisotopic (exact) mass is 545 g/mol. The van der Waals surface area contributed by atoms with Crippen molar-refractivity contribution in [1.29, 1.82) is 0 Å². The molecule has 3 aromatic rings. The van der Waals surface area contributed by atoms with Crippen molar-refractivity contribution in [2.45, 2.75) is 18.4 Å². The summed E-state index contributed by atoms with van der Waals surface area (Å²) in [6, 6.07) is 10.1. The fourth-order valence-corrected chi connectivity index (χ4v) is 4.98. The minimum Gasteiger partial charge on any atom is -0.495 e. The minimum absolute atomic E-state index is 0.0773. The number of nitrogens with one attached hydrogen (secondary N) is 3. The summed E-state index contributed by atoms with van der Waals surface area (Å²) in [6.07, 6.45) is 1.40. The molecule has 2 aromatic carbocycles. The van der Waals surface area contributed by atoms with E-state index >= 15 is 0 Å². The van der Waals surface area contributed by atoms with Gasteiger partial charge in [0.25, 0.3) is 0 Å². The van der Waals surface area contributed by atoms with Gasteiger partial charge in [0.05, 0.1) is 31.2 Å². The third kappa shape index (κ3) is 5.77. The number of benzene rings is 2. The zero-order chi connectivity index (χ0) is 26.7. The first-order valence-electron chi connectivity index (χ1n) is 11.4. The van der Waals surface area contributed by atoms with Crippen molar-refractivity contribution < 1.29 is 17.9 Å². The normalized spacial score (nSPS) is 14.1. The number of aromatic nitrogens is 2. The van der Waals surface area contributed by atoms with E-state index in [0.717, 1.165) is 16.4 Å². The molecule has 0 spiro atoms. The number of hydrogen-bond donors (Lipinski definition) is 3. The Morgan fingerprint density at radius 3 is 2.62 bits per heavy atom. The van der Waals surface area contributed by atoms with Crippen LogP contribution in [0.2, 0.25) is 5.02 Å². The molecule has 11 nitrogen and oxygen atoms in total. The van der Waals surface area contributed by atoms with E-state index in [1.54, 1.807) is 31.4 Å². The molecule has 0 saturated heterocycles. The minimum atomic E-state index is -3.72. The number of methoxy groups -OCH3 is 1. The van der Waals surface area contributed by atoms with Crippen LogP contribution in [0.1, 0.15) is 12.5 Å². The zero-order valence-electron chi connectivity index (χ0n) is 20.9. The Morgan fingerprint density at radius 2 is 1.92 bits per heavy atom. The molecule has 1 amide bonds. The maximum Gasteiger partial charge on any atom is 0.244 e. The first-order valence-corrected chi connectivity index (χ1v) is 13.3. The zero-order valence-corrected chi connectivity index (χ0v) is 22.4. The van der Waals surface area contributed by atoms with Gasteiger partial charge in [-0.15, -0.1) is 0 Å². The van der Waals surface area contributed by atoms with Crippen molar-refractivity contribution in [3.05, 3.63) is 53.2 Å². The van der Waals surface area contributed by atoms with Crippen molar-refractivity contribution in [1.82, 2.24) is 19.2 Å². The number of hydrogen-bond acceptors (Lipinski definition) is 9. The van der Waals surface area contributed by atoms with Gasteiger partial charge < -0.3 is 20.7 Å². The van der Waals surface area contributed by atoms with Crippen molar-refractivity contribution in [3.63, 3.8) is 0 Å². The molecule has 196 valence electrons. The summed E-state index contributed by atoms with van der Waals surface area (Å²) in [6.45, 7) is 3.64. The number of rotatable bonds is 8. The number of carbonyl (C=O) groups excluding carboxylic acids is 1. The van der Waals surface area contributed by atoms with Gasteiger partial charge in [-0.1, -0.05) is 30.7 Å². The molecular formula is C24H28ClN7O4S. The summed E-state index contributed by atoms with van der Waals surface area (Å²) in [5.74, 6) is 0.841. The SMILES string of the molecule is CCN1CC(=O)Nc2cc(Nc3ncc(Cl)c(Nc4ccccc4S(=O)(=O)N(C)C)n3)c(OC)cc2C1. The van der Waals surface area contributed by atoms with E-state index in [0.29, 0.717) is 35.9 Å². The average molecular weight is 546 g/mol. The molecule has 2 heterocycles. The highest BCUT2D eigenvalue weighted by molar-refractivity contribution is 7.89. The molecule has 0 bridgehead atoms. The number of ether oxygens (including phenoxy) is 1. The van der Waals surface area contributed by atoms with Gasteiger partial charge in [-0.05, 0) is 36.4 Å². The first-order chi connectivity index (χ1) is 17.6. The Hall–Kier alpha value is -3.45. The van der Waals surface area contributed by atoms with Gasteiger partial charge >= 0.3 is 0 Å². The fraction of sp³-hybridized carbons (Fsp3) is 0.292. The highest BCUT2D eigenvalue weighted by Crippen LogP contribution is 2.36. The molecule has 3 N–H and O–H groups in total. The van der Waals surface area contributed by atoms with E-state index in [2.05, 4.69) is 25.9 Å². The van der Waals surface area contributed by atoms with E-state index in [4.69, 9.17) is 16.3 Å². The molecule has 0 radical (unpaired) electrons. The van der Waals surface area contributed by atoms with Crippen LogP contribution in [0.3, 0.4) is 0 Å². The summed E-state index contributed by atoms with van der Waals surface area (Å²) in [5, 5.41) is 9.26. The van der Waals surface area contributed by atoms with Gasteiger partial charge in [0.2, 0.25) is 21.9 Å². The molecule has 37 heavy (non-hydrogen) atoms. The molecule has 0 saturated carbocycles. The van der Waals surface area contributed by atoms with Crippen LogP contribution in [0, 0.1) is 0 Å². The largest absolute Gasteiger partial charge is 0.495 e. The van der Waals surface area contributed by atoms with Gasteiger partial charge in [0.1, 0.15) is 15.7 Å². The number of carbonyl (C=O) groups is 1. The number of halogens is 1. The predicted octanol–water partition coefficient (Wildman–Crippen LogP) is 3.65. The van der Waals surface area contributed by atoms with E-state index < -0.39 is 10.0 Å². The quantitative estimate of drug-likeness (QED) is 0.388. The van der Waals surface area contributed by atoms with Gasteiger partial charge in [-0.2, -0.15) is 4.98 Å². The summed E-state index contributed by atoms with van der Waals surface area (Å²) >= 11 is 6.34. The Morgan fingerprint density at radius 1 is 1.16 bits per heavy atom. The summed E-state index contributed by atoms with van der Waals surface area (Å²) in [5.41, 5.74) is 2.44. The van der Waals surface area contributed by atoms with Crippen LogP contribution in [0.15, 0.2) is 47.5 Å². The van der Waals surface area contributed by atoms with E-state index in [1.165, 1.54) is 26.4 Å². The molecule has 1 aliphatic heterocycles. The second-order valence-electron chi connectivity index (χ2n) is 8.48. The van der Waals surface area contributed by atoms with Crippen LogP contribution in [-0.4, -0.2) is 67.8 Å². The maximum absolute atomic E-state index is 12.8. The van der Waals surface area contributed by atoms with E-state index in [9.17, 15) is 13.2 Å². The lowest BCUT2D eigenvalue weighted by molar-refractivity contribution is -0.117. The van der Waals surface area contributed by atoms with Crippen molar-refractivity contribution in [3.8, 4) is 5.75 Å². The predicted molar refractivity (Wildman–Crippen MR) is 143 cm³/mol. The van der Waals surface area contributed by atoms with E-state index in [-0.39, 0.29) is 27.6 Å². The number of nitrogens with zero attached hydrogens (tertiary/aromatic N) is 4. The molecule has 1 aromatic heterocycles. The summed E-state index contributed by atoms with van der Waals surface area (Å²) in [4.78, 5) is 23.1. The third-order valence-corrected chi connectivity index (χ3v) is 7.95. The Bertz CT molecular complexity index is 1430. The number of para-hydroxylation sites is 1. The lowest BCUT2D eigenvalue weighted by Gasteiger charge is -2.18. The maximum atomic E-state index is 12.8. The number of likely N-dealkylation sites (N-methyl/N-ethyl adjacent to an activating group) is 1. The highest BCUT2D eigenvalue weighted by atomic mass is 35.5. The third-order valence-electron chi connectivity index (χ3n) is 5.80. The Balaban J connectivity index is 1.66. The number of anilines is 5. The number of fused-ring (bicyclic) bond motifs is 1. The van der Waals surface area contributed by atoms with Gasteiger partial charge in [0.15, 0.2) is 5.82 Å². The first kappa shape index (κ1) is 26.6. The lowest BCUT2D eigenvalue weighted by Crippen LogP contribution is -2.29. The fourth-order valence-electron chi connectivity index (χ4n) is 3.80. The second kappa shape index (κ2) is 10.9. The van der Waals surface area contributed by atoms with Crippen molar-refractivity contribution in [2.24, 2.45) is 0 Å². The van der Waals surface area contributed by atoms with Crippen LogP contribution in [0.4, 0.5) is 28.8 Å². The van der Waals surface area contributed by atoms with Crippen molar-refractivity contribution >= 4 is 56.4 Å². The van der Waals surface area contributed by atoms with E-state index in [1.807, 2.05) is 17.9 Å². The van der Waals surface area contributed by atoms with Gasteiger partial charge in [0, 0.05) is 26.3 Å². The molecule has 1 aliphatic rings. The lowest BCUT2D eigenvalue weighted by atomic mass is 10.1. The van der Waals surface area contributed by atoms with Crippen molar-refractivity contribution in [2.75, 3.05) is 50.2 Å². The molecule has 0 unspecified atom stereocenters. The van der Waals surface area contributed by atoms with Crippen LogP contribution in [0.5, 0.6) is 5.75 Å². The van der Waals surface area contributed by atoms with Crippen LogP contribution in [0.25, 0.3) is 0 Å². The van der Waals surface area contributed by atoms with Crippen LogP contribution in [-0.2, 0) is 21.4 Å². The molecule has 4 rings (SSSR count). The smallest absolute Gasteiger partial charge is 0.244 e. The highest BCUT2D eigenvalue weighted by Gasteiger charge is 2.23.